The molecule has 3 aromatic rings. The van der Waals surface area contributed by atoms with Crippen molar-refractivity contribution in [3.05, 3.63) is 95.4 Å². The van der Waals surface area contributed by atoms with Gasteiger partial charge in [-0.3, -0.25) is 4.79 Å². The van der Waals surface area contributed by atoms with Gasteiger partial charge in [-0.05, 0) is 109 Å². The van der Waals surface area contributed by atoms with Crippen molar-refractivity contribution in [3.8, 4) is 5.75 Å². The molecule has 10 heteroatoms. The zero-order valence-corrected chi connectivity index (χ0v) is 34.5. The number of rotatable bonds is 18. The van der Waals surface area contributed by atoms with Gasteiger partial charge in [0.1, 0.15) is 23.4 Å². The number of hydrazone groups is 1. The Morgan fingerprint density at radius 2 is 1.80 bits per heavy atom. The number of allylic oxidation sites excluding steroid dienone is 3. The molecule has 292 valence electrons. The van der Waals surface area contributed by atoms with Gasteiger partial charge in [-0.15, -0.1) is 0 Å². The molecule has 1 amide bonds. The number of carbonyl (C=O) groups excluding carboxylic acids is 1. The first-order valence-electron chi connectivity index (χ1n) is 19.7. The zero-order chi connectivity index (χ0) is 39.5. The molecule has 54 heavy (non-hydrogen) atoms. The van der Waals surface area contributed by atoms with Crippen molar-refractivity contribution in [3.63, 3.8) is 0 Å². The molecule has 1 aliphatic rings. The van der Waals surface area contributed by atoms with Gasteiger partial charge in [0.2, 0.25) is 5.91 Å². The van der Waals surface area contributed by atoms with E-state index >= 15 is 0 Å². The van der Waals surface area contributed by atoms with Crippen LogP contribution in [0.4, 0.5) is 11.5 Å². The third-order valence-electron chi connectivity index (χ3n) is 9.21. The largest absolute Gasteiger partial charge is 0.457 e. The average molecular weight is 737 g/mol. The van der Waals surface area contributed by atoms with E-state index < -0.39 is 0 Å². The summed E-state index contributed by atoms with van der Waals surface area (Å²) in [5, 5.41) is 9.53. The van der Waals surface area contributed by atoms with Crippen molar-refractivity contribution < 1.29 is 9.53 Å². The number of unbranched alkanes of at least 4 members (excludes halogenated alkanes) is 3. The number of fused-ring (bicyclic) bond motifs is 1. The van der Waals surface area contributed by atoms with Gasteiger partial charge in [0.15, 0.2) is 5.82 Å². The minimum atomic E-state index is 0.178. The number of hydrogen-bond donors (Lipinski definition) is 1. The number of amides is 1. The second-order valence-electron chi connectivity index (χ2n) is 13.8. The molecule has 2 aromatic heterocycles. The van der Waals surface area contributed by atoms with Crippen molar-refractivity contribution in [1.82, 2.24) is 29.8 Å². The second-order valence-corrected chi connectivity index (χ2v) is 13.8. The quantitative estimate of drug-likeness (QED) is 0.0783. The number of nitrogens with zero attached hydrogens (tertiary/aromatic N) is 7. The normalized spacial score (nSPS) is 13.7. The van der Waals surface area contributed by atoms with Crippen LogP contribution in [0.2, 0.25) is 0 Å². The van der Waals surface area contributed by atoms with Gasteiger partial charge in [-0.25, -0.2) is 20.0 Å². The van der Waals surface area contributed by atoms with E-state index in [4.69, 9.17) is 9.72 Å². The Balaban J connectivity index is 0.000000337. The van der Waals surface area contributed by atoms with E-state index in [0.717, 1.165) is 90.4 Å². The third-order valence-corrected chi connectivity index (χ3v) is 9.21. The van der Waals surface area contributed by atoms with Gasteiger partial charge in [-0.2, -0.15) is 5.10 Å². The number of anilines is 2. The Labute approximate surface area is 324 Å². The van der Waals surface area contributed by atoms with Gasteiger partial charge in [0, 0.05) is 55.1 Å². The summed E-state index contributed by atoms with van der Waals surface area (Å²) in [6.45, 7) is 18.4. The van der Waals surface area contributed by atoms with Crippen LogP contribution in [-0.4, -0.2) is 75.1 Å². The number of aromatic nitrogens is 3. The molecule has 0 spiro atoms. The average Bonchev–Trinajstić information content (AvgIpc) is 3.15. The molecule has 0 bridgehead atoms. The van der Waals surface area contributed by atoms with Crippen molar-refractivity contribution in [2.24, 2.45) is 5.10 Å². The molecule has 10 nitrogen and oxygen atoms in total. The Morgan fingerprint density at radius 1 is 1.02 bits per heavy atom. The highest BCUT2D eigenvalue weighted by atomic mass is 16.5. The summed E-state index contributed by atoms with van der Waals surface area (Å²) >= 11 is 0. The fourth-order valence-corrected chi connectivity index (χ4v) is 6.21. The van der Waals surface area contributed by atoms with Crippen molar-refractivity contribution >= 4 is 34.7 Å². The van der Waals surface area contributed by atoms with E-state index in [0.29, 0.717) is 11.9 Å². The lowest BCUT2D eigenvalue weighted by Gasteiger charge is -2.29. The summed E-state index contributed by atoms with van der Waals surface area (Å²) in [6.07, 6.45) is 23.8. The van der Waals surface area contributed by atoms with Crippen LogP contribution in [0.15, 0.2) is 83.7 Å². The Kier molecular flexibility index (Phi) is 18.6. The highest BCUT2D eigenvalue weighted by Gasteiger charge is 2.18. The summed E-state index contributed by atoms with van der Waals surface area (Å²) in [4.78, 5) is 30.2. The van der Waals surface area contributed by atoms with Crippen molar-refractivity contribution in [2.75, 3.05) is 32.5 Å². The van der Waals surface area contributed by atoms with Crippen LogP contribution in [-0.2, 0) is 11.2 Å². The number of likely N-dealkylation sites (N-methyl/N-ethyl adjacent to an activating group) is 1. The summed E-state index contributed by atoms with van der Waals surface area (Å²) in [5.41, 5.74) is 6.73. The van der Waals surface area contributed by atoms with Gasteiger partial charge >= 0.3 is 0 Å². The highest BCUT2D eigenvalue weighted by Crippen LogP contribution is 2.29. The first-order valence-corrected chi connectivity index (χ1v) is 19.7. The second kappa shape index (κ2) is 23.1. The highest BCUT2D eigenvalue weighted by molar-refractivity contribution is 5.88. The van der Waals surface area contributed by atoms with Crippen LogP contribution in [0, 0.1) is 13.8 Å². The van der Waals surface area contributed by atoms with Gasteiger partial charge in [0.25, 0.3) is 0 Å². The molecule has 0 aliphatic carbocycles. The topological polar surface area (TPSA) is 99.1 Å². The number of ether oxygens (including phenoxy) is 1. The standard InChI is InChI=1S/C27H30N6O.C17H34N2O/c1-6-9-20-15-24-26(31-19(20)5)27(29-17-28-24)32-21-10-11-25(18(4)14-21)34-23-12-13-33(30-8-3)22(7-2)16-23;1-6-9-10-11-15-19(16(7-2)8-3)17(20)13-12-14-18(4)5/h7-8,10-17H,6,9H2,1-5H3,(H,28,29,32);12-13,16H,6-11,14-15H2,1-5H3/b22-7?,30-8-;13-12+. The molecule has 1 N–H and O–H groups in total. The SMILES string of the molecule is CC=C1C=C(Oc2ccc(Nc3ncnc4cc(CCC)c(C)nc34)cc2C)C=CN1/N=C\C.CCCCCCN(C(=O)/C=C/CN(C)C)C(CC)CC. The molecule has 0 atom stereocenters. The van der Waals surface area contributed by atoms with Crippen LogP contribution in [0.5, 0.6) is 5.75 Å². The summed E-state index contributed by atoms with van der Waals surface area (Å²) in [5.74, 6) is 2.41. The molecule has 0 saturated carbocycles. The number of carbonyl (C=O) groups is 1. The molecule has 3 heterocycles. The molecular weight excluding hydrogens is 673 g/mol. The van der Waals surface area contributed by atoms with Gasteiger partial charge in [-0.1, -0.05) is 65.5 Å². The first kappa shape index (κ1) is 43.6. The molecule has 0 unspecified atom stereocenters. The summed E-state index contributed by atoms with van der Waals surface area (Å²) in [7, 11) is 4.02. The molecule has 0 fully saturated rings. The van der Waals surface area contributed by atoms with E-state index in [1.165, 1.54) is 24.8 Å². The molecular formula is C44H64N8O2. The van der Waals surface area contributed by atoms with E-state index in [1.807, 2.05) is 90.5 Å². The predicted octanol–water partition coefficient (Wildman–Crippen LogP) is 10.0. The maximum Gasteiger partial charge on any atom is 0.246 e. The zero-order valence-electron chi connectivity index (χ0n) is 34.5. The monoisotopic (exact) mass is 737 g/mol. The van der Waals surface area contributed by atoms with Crippen LogP contribution < -0.4 is 10.1 Å². The number of aryl methyl sites for hydroxylation is 3. The smallest absolute Gasteiger partial charge is 0.246 e. The van der Waals surface area contributed by atoms with Crippen LogP contribution in [0.1, 0.15) is 103 Å². The third kappa shape index (κ3) is 13.2. The molecule has 4 rings (SSSR count). The Hall–Kier alpha value is -4.83. The number of benzene rings is 1. The Morgan fingerprint density at radius 3 is 2.44 bits per heavy atom. The molecule has 1 aliphatic heterocycles. The van der Waals surface area contributed by atoms with Crippen LogP contribution in [0.25, 0.3) is 11.0 Å². The fraction of sp³-hybridized carbons (Fsp3) is 0.477. The summed E-state index contributed by atoms with van der Waals surface area (Å²) < 4.78 is 6.16. The van der Waals surface area contributed by atoms with Crippen molar-refractivity contribution in [1.29, 1.82) is 0 Å². The van der Waals surface area contributed by atoms with Gasteiger partial charge < -0.3 is 19.9 Å². The van der Waals surface area contributed by atoms with Crippen LogP contribution in [0.3, 0.4) is 0 Å². The van der Waals surface area contributed by atoms with Gasteiger partial charge in [0.05, 0.1) is 11.2 Å². The van der Waals surface area contributed by atoms with E-state index in [2.05, 4.69) is 63.9 Å². The molecule has 0 saturated heterocycles. The van der Waals surface area contributed by atoms with E-state index in [-0.39, 0.29) is 5.91 Å². The van der Waals surface area contributed by atoms with E-state index in [9.17, 15) is 4.79 Å². The van der Waals surface area contributed by atoms with E-state index in [1.54, 1.807) is 23.6 Å². The molecule has 1 aromatic carbocycles. The fourth-order valence-electron chi connectivity index (χ4n) is 6.21. The maximum absolute atomic E-state index is 12.4. The number of pyridine rings is 1. The lowest BCUT2D eigenvalue weighted by Crippen LogP contribution is -2.39. The first-order chi connectivity index (χ1) is 26.1. The minimum absolute atomic E-state index is 0.178. The lowest BCUT2D eigenvalue weighted by molar-refractivity contribution is -0.128. The Bertz CT molecular complexity index is 1790. The number of hydrogen-bond acceptors (Lipinski definition) is 9. The lowest BCUT2D eigenvalue weighted by atomic mass is 10.1. The number of nitrogens with one attached hydrogen (secondary N) is 1. The summed E-state index contributed by atoms with van der Waals surface area (Å²) in [6, 6.07) is 8.48. The van der Waals surface area contributed by atoms with Crippen LogP contribution >= 0.6 is 0 Å². The minimum Gasteiger partial charge on any atom is -0.457 e. The molecule has 0 radical (unpaired) electrons. The van der Waals surface area contributed by atoms with Crippen molar-refractivity contribution in [2.45, 2.75) is 113 Å². The predicted molar refractivity (Wildman–Crippen MR) is 226 cm³/mol. The maximum atomic E-state index is 12.4.